The molecule has 2 aromatic rings. The summed E-state index contributed by atoms with van der Waals surface area (Å²) in [4.78, 5) is 31.1. The first-order chi connectivity index (χ1) is 14.1. The molecule has 2 saturated heterocycles. The number of nitrogens with zero attached hydrogens (tertiary/aromatic N) is 3. The van der Waals surface area contributed by atoms with Crippen LogP contribution in [-0.4, -0.2) is 72.3 Å². The van der Waals surface area contributed by atoms with Crippen molar-refractivity contribution in [3.8, 4) is 11.1 Å². The fourth-order valence-electron chi connectivity index (χ4n) is 4.35. The summed E-state index contributed by atoms with van der Waals surface area (Å²) in [6.45, 7) is 3.74. The molecule has 29 heavy (non-hydrogen) atoms. The van der Waals surface area contributed by atoms with E-state index >= 15 is 0 Å². The number of carbonyl (C=O) groups excluding carboxylic acids is 2. The lowest BCUT2D eigenvalue weighted by Gasteiger charge is -2.42. The van der Waals surface area contributed by atoms with Crippen LogP contribution < -0.4 is 0 Å². The first-order valence-electron chi connectivity index (χ1n) is 10.5. The first kappa shape index (κ1) is 19.6. The van der Waals surface area contributed by atoms with Crippen LogP contribution in [0, 0.1) is 0 Å². The molecule has 0 unspecified atom stereocenters. The highest BCUT2D eigenvalue weighted by molar-refractivity contribution is 5.80. The lowest BCUT2D eigenvalue weighted by atomic mass is 10.00. The van der Waals surface area contributed by atoms with E-state index in [0.717, 1.165) is 44.6 Å². The molecule has 0 spiro atoms. The highest BCUT2D eigenvalue weighted by Crippen LogP contribution is 2.21. The molecule has 0 saturated carbocycles. The number of benzene rings is 2. The van der Waals surface area contributed by atoms with Gasteiger partial charge in [0.25, 0.3) is 0 Å². The molecule has 5 heteroatoms. The van der Waals surface area contributed by atoms with Crippen molar-refractivity contribution in [3.05, 3.63) is 60.2 Å². The fraction of sp³-hybridized carbons (Fsp3) is 0.417. The van der Waals surface area contributed by atoms with Gasteiger partial charge in [-0.05, 0) is 36.6 Å². The monoisotopic (exact) mass is 391 g/mol. The third-order valence-corrected chi connectivity index (χ3v) is 6.12. The fourth-order valence-corrected chi connectivity index (χ4v) is 4.35. The van der Waals surface area contributed by atoms with E-state index in [-0.39, 0.29) is 17.9 Å². The van der Waals surface area contributed by atoms with Crippen LogP contribution in [0.25, 0.3) is 11.1 Å². The van der Waals surface area contributed by atoms with Crippen LogP contribution in [0.3, 0.4) is 0 Å². The highest BCUT2D eigenvalue weighted by atomic mass is 16.2. The second-order valence-electron chi connectivity index (χ2n) is 8.18. The Kier molecular flexibility index (Phi) is 5.95. The number of amides is 2. The quantitative estimate of drug-likeness (QED) is 0.805. The van der Waals surface area contributed by atoms with Crippen molar-refractivity contribution >= 4 is 11.8 Å². The number of rotatable bonds is 4. The maximum Gasteiger partial charge on any atom is 0.237 e. The topological polar surface area (TPSA) is 43.9 Å². The summed E-state index contributed by atoms with van der Waals surface area (Å²) in [5, 5.41) is 0. The van der Waals surface area contributed by atoms with E-state index in [1.165, 1.54) is 11.1 Å². The maximum atomic E-state index is 12.8. The molecule has 4 rings (SSSR count). The van der Waals surface area contributed by atoms with E-state index in [0.29, 0.717) is 13.0 Å². The number of piperazine rings is 1. The molecule has 2 aliphatic heterocycles. The van der Waals surface area contributed by atoms with Gasteiger partial charge in [-0.25, -0.2) is 0 Å². The van der Waals surface area contributed by atoms with E-state index in [2.05, 4.69) is 41.3 Å². The van der Waals surface area contributed by atoms with Crippen LogP contribution in [0.5, 0.6) is 0 Å². The van der Waals surface area contributed by atoms with Crippen LogP contribution in [0.2, 0.25) is 0 Å². The van der Waals surface area contributed by atoms with Crippen LogP contribution in [0.1, 0.15) is 18.4 Å². The van der Waals surface area contributed by atoms with Gasteiger partial charge in [-0.2, -0.15) is 0 Å². The molecular formula is C24H29N3O2. The third kappa shape index (κ3) is 4.67. The lowest BCUT2D eigenvalue weighted by molar-refractivity contribution is -0.140. The van der Waals surface area contributed by atoms with Gasteiger partial charge < -0.3 is 9.80 Å². The van der Waals surface area contributed by atoms with Crippen LogP contribution in [0.15, 0.2) is 54.6 Å². The number of likely N-dealkylation sites (tertiary alicyclic amines) is 1. The van der Waals surface area contributed by atoms with Gasteiger partial charge in [0.2, 0.25) is 11.8 Å². The number of piperidine rings is 1. The summed E-state index contributed by atoms with van der Waals surface area (Å²) < 4.78 is 0. The second-order valence-corrected chi connectivity index (χ2v) is 8.18. The first-order valence-corrected chi connectivity index (χ1v) is 10.5. The molecule has 0 atom stereocenters. The van der Waals surface area contributed by atoms with E-state index in [1.54, 1.807) is 0 Å². The molecule has 152 valence electrons. The van der Waals surface area contributed by atoms with E-state index in [4.69, 9.17) is 0 Å². The van der Waals surface area contributed by atoms with Crippen molar-refractivity contribution < 1.29 is 9.59 Å². The molecule has 0 aromatic heterocycles. The van der Waals surface area contributed by atoms with Gasteiger partial charge >= 0.3 is 0 Å². The summed E-state index contributed by atoms with van der Waals surface area (Å²) in [6.07, 6.45) is 2.20. The normalized spacial score (nSPS) is 18.9. The highest BCUT2D eigenvalue weighted by Gasteiger charge is 2.31. The molecule has 2 aliphatic rings. The number of likely N-dealkylation sites (N-methyl/N-ethyl adjacent to an activating group) is 1. The summed E-state index contributed by atoms with van der Waals surface area (Å²) in [7, 11) is 1.99. The Hall–Kier alpha value is -2.66. The summed E-state index contributed by atoms with van der Waals surface area (Å²) >= 11 is 0. The van der Waals surface area contributed by atoms with Crippen LogP contribution >= 0.6 is 0 Å². The SMILES string of the molecule is CN1CCN(C2CCN(C(=O)Cc3ccc(-c4ccccc4)cc3)CC2)C(=O)C1. The summed E-state index contributed by atoms with van der Waals surface area (Å²) in [5.41, 5.74) is 3.40. The Balaban J connectivity index is 1.29. The van der Waals surface area contributed by atoms with Gasteiger partial charge in [-0.1, -0.05) is 54.6 Å². The average Bonchev–Trinajstić information content (AvgIpc) is 2.75. The standard InChI is InChI=1S/C24H29N3O2/c1-25-15-16-27(24(29)18-25)22-11-13-26(14-12-22)23(28)17-19-7-9-21(10-8-19)20-5-3-2-4-6-20/h2-10,22H,11-18H2,1H3. The van der Waals surface area contributed by atoms with Crippen molar-refractivity contribution in [1.29, 1.82) is 0 Å². The van der Waals surface area contributed by atoms with Crippen molar-refractivity contribution in [2.75, 3.05) is 39.8 Å². The van der Waals surface area contributed by atoms with Gasteiger partial charge in [0, 0.05) is 32.2 Å². The number of hydrogen-bond acceptors (Lipinski definition) is 3. The van der Waals surface area contributed by atoms with Crippen molar-refractivity contribution in [3.63, 3.8) is 0 Å². The van der Waals surface area contributed by atoms with Crippen molar-refractivity contribution in [2.24, 2.45) is 0 Å². The van der Waals surface area contributed by atoms with Crippen molar-refractivity contribution in [2.45, 2.75) is 25.3 Å². The molecule has 2 fully saturated rings. The van der Waals surface area contributed by atoms with E-state index < -0.39 is 0 Å². The van der Waals surface area contributed by atoms with Gasteiger partial charge in [0.1, 0.15) is 0 Å². The van der Waals surface area contributed by atoms with E-state index in [1.807, 2.05) is 35.0 Å². The van der Waals surface area contributed by atoms with Crippen molar-refractivity contribution in [1.82, 2.24) is 14.7 Å². The smallest absolute Gasteiger partial charge is 0.237 e. The Morgan fingerprint density at radius 3 is 2.21 bits per heavy atom. The molecule has 2 aromatic carbocycles. The molecular weight excluding hydrogens is 362 g/mol. The largest absolute Gasteiger partial charge is 0.342 e. The molecule has 0 aliphatic carbocycles. The average molecular weight is 392 g/mol. The zero-order valence-corrected chi connectivity index (χ0v) is 17.1. The zero-order chi connectivity index (χ0) is 20.2. The third-order valence-electron chi connectivity index (χ3n) is 6.12. The van der Waals surface area contributed by atoms with Crippen LogP contribution in [-0.2, 0) is 16.0 Å². The van der Waals surface area contributed by atoms with Gasteiger partial charge in [-0.15, -0.1) is 0 Å². The predicted octanol–water partition coefficient (Wildman–Crippen LogP) is 2.66. The maximum absolute atomic E-state index is 12.8. The molecule has 2 heterocycles. The Morgan fingerprint density at radius 1 is 0.897 bits per heavy atom. The molecule has 5 nitrogen and oxygen atoms in total. The molecule has 2 amide bonds. The Labute approximate surface area is 172 Å². The van der Waals surface area contributed by atoms with E-state index in [9.17, 15) is 9.59 Å². The molecule has 0 radical (unpaired) electrons. The minimum Gasteiger partial charge on any atom is -0.342 e. The second kappa shape index (κ2) is 8.78. The number of hydrogen-bond donors (Lipinski definition) is 0. The minimum absolute atomic E-state index is 0.181. The Morgan fingerprint density at radius 2 is 1.55 bits per heavy atom. The molecule has 0 bridgehead atoms. The van der Waals surface area contributed by atoms with Gasteiger partial charge in [-0.3, -0.25) is 14.5 Å². The van der Waals surface area contributed by atoms with Gasteiger partial charge in [0.05, 0.1) is 13.0 Å². The minimum atomic E-state index is 0.181. The summed E-state index contributed by atoms with van der Waals surface area (Å²) in [5.74, 6) is 0.405. The summed E-state index contributed by atoms with van der Waals surface area (Å²) in [6, 6.07) is 18.8. The lowest BCUT2D eigenvalue weighted by Crippen LogP contribution is -2.55. The van der Waals surface area contributed by atoms with Gasteiger partial charge in [0.15, 0.2) is 0 Å². The van der Waals surface area contributed by atoms with Crippen LogP contribution in [0.4, 0.5) is 0 Å². The Bertz CT molecular complexity index is 842. The predicted molar refractivity (Wildman–Crippen MR) is 114 cm³/mol. The number of carbonyl (C=O) groups is 2. The molecule has 0 N–H and O–H groups in total. The zero-order valence-electron chi connectivity index (χ0n) is 17.1.